The molecule has 0 aromatic carbocycles. The number of hydrogen-bond acceptors (Lipinski definition) is 5. The van der Waals surface area contributed by atoms with Gasteiger partial charge >= 0.3 is 6.18 Å². The second kappa shape index (κ2) is 7.08. The van der Waals surface area contributed by atoms with E-state index < -0.39 is 24.7 Å². The van der Waals surface area contributed by atoms with E-state index in [-0.39, 0.29) is 5.56 Å². The van der Waals surface area contributed by atoms with Gasteiger partial charge in [-0.15, -0.1) is 0 Å². The number of hydrogen-bond donors (Lipinski definition) is 2. The number of aliphatic hydroxyl groups excluding tert-OH is 1. The molecule has 3 heterocycles. The van der Waals surface area contributed by atoms with Gasteiger partial charge in [0.25, 0.3) is 5.91 Å². The Bertz CT molecular complexity index is 911. The van der Waals surface area contributed by atoms with Crippen molar-refractivity contribution in [2.45, 2.75) is 18.8 Å². The average molecular weight is 365 g/mol. The fourth-order valence-electron chi connectivity index (χ4n) is 2.26. The summed E-state index contributed by atoms with van der Waals surface area (Å²) in [6.45, 7) is -0.498. The Morgan fingerprint density at radius 2 is 2.08 bits per heavy atom. The maximum absolute atomic E-state index is 12.3. The molecular weight excluding hydrogens is 351 g/mol. The van der Waals surface area contributed by atoms with Crippen LogP contribution in [0.5, 0.6) is 0 Å². The third-order valence-electron chi connectivity index (χ3n) is 3.61. The summed E-state index contributed by atoms with van der Waals surface area (Å²) in [6, 6.07) is 6.92. The zero-order valence-corrected chi connectivity index (χ0v) is 13.3. The summed E-state index contributed by atoms with van der Waals surface area (Å²) in [5, 5.41) is 10.9. The van der Waals surface area contributed by atoms with Crippen molar-refractivity contribution in [2.24, 2.45) is 0 Å². The normalized spacial score (nSPS) is 12.9. The standard InChI is InChI=1S/C16H14F3N5O2/c17-16(18,19)13(25)7-22-15(26)10-5-12-14(21-6-10)24(9-23-12)8-11-3-1-2-4-20-11/h1-6,9,13,25H,7-8H2,(H,22,26). The Kier molecular flexibility index (Phi) is 4.85. The van der Waals surface area contributed by atoms with Crippen molar-refractivity contribution in [1.82, 2.24) is 24.8 Å². The van der Waals surface area contributed by atoms with Gasteiger partial charge in [0.15, 0.2) is 11.8 Å². The van der Waals surface area contributed by atoms with E-state index in [0.717, 1.165) is 5.69 Å². The van der Waals surface area contributed by atoms with Gasteiger partial charge in [0, 0.05) is 12.4 Å². The van der Waals surface area contributed by atoms with E-state index in [0.29, 0.717) is 17.7 Å². The highest BCUT2D eigenvalue weighted by Gasteiger charge is 2.38. The fraction of sp³-hybridized carbons (Fsp3) is 0.250. The molecule has 3 rings (SSSR count). The first-order valence-electron chi connectivity index (χ1n) is 7.58. The number of imidazole rings is 1. The van der Waals surface area contributed by atoms with Gasteiger partial charge in [0.1, 0.15) is 5.52 Å². The highest BCUT2D eigenvalue weighted by molar-refractivity contribution is 5.96. The molecule has 0 radical (unpaired) electrons. The van der Waals surface area contributed by atoms with E-state index in [1.54, 1.807) is 23.2 Å². The number of nitrogens with zero attached hydrogens (tertiary/aromatic N) is 4. The number of carbonyl (C=O) groups is 1. The predicted molar refractivity (Wildman–Crippen MR) is 85.3 cm³/mol. The molecule has 10 heteroatoms. The van der Waals surface area contributed by atoms with Gasteiger partial charge in [-0.05, 0) is 18.2 Å². The van der Waals surface area contributed by atoms with Crippen molar-refractivity contribution in [3.8, 4) is 0 Å². The number of amides is 1. The molecule has 3 aromatic heterocycles. The summed E-state index contributed by atoms with van der Waals surface area (Å²) < 4.78 is 38.5. The molecule has 7 nitrogen and oxygen atoms in total. The molecule has 0 aliphatic rings. The molecule has 0 saturated heterocycles. The van der Waals surface area contributed by atoms with Crippen molar-refractivity contribution < 1.29 is 23.1 Å². The van der Waals surface area contributed by atoms with Gasteiger partial charge in [-0.25, -0.2) is 9.97 Å². The van der Waals surface area contributed by atoms with Crippen LogP contribution in [0.3, 0.4) is 0 Å². The zero-order valence-electron chi connectivity index (χ0n) is 13.3. The Morgan fingerprint density at radius 3 is 2.77 bits per heavy atom. The number of nitrogens with one attached hydrogen (secondary N) is 1. The molecule has 0 spiro atoms. The number of carbonyl (C=O) groups excluding carboxylic acids is 1. The van der Waals surface area contributed by atoms with E-state index in [9.17, 15) is 18.0 Å². The topological polar surface area (TPSA) is 92.9 Å². The van der Waals surface area contributed by atoms with Crippen LogP contribution in [0.1, 0.15) is 16.1 Å². The van der Waals surface area contributed by atoms with Gasteiger partial charge in [-0.2, -0.15) is 13.2 Å². The summed E-state index contributed by atoms with van der Waals surface area (Å²) in [6.07, 6.45) is -2.96. The lowest BCUT2D eigenvalue weighted by molar-refractivity contribution is -0.201. The number of pyridine rings is 2. The van der Waals surface area contributed by atoms with Crippen LogP contribution in [0, 0.1) is 0 Å². The number of aliphatic hydroxyl groups is 1. The summed E-state index contributed by atoms with van der Waals surface area (Å²) in [5.41, 5.74) is 1.79. The van der Waals surface area contributed by atoms with Gasteiger partial charge in [0.2, 0.25) is 0 Å². The van der Waals surface area contributed by atoms with Crippen molar-refractivity contribution >= 4 is 17.1 Å². The molecule has 0 fully saturated rings. The third kappa shape index (κ3) is 3.97. The number of alkyl halides is 3. The minimum absolute atomic E-state index is 0.0509. The second-order valence-electron chi connectivity index (χ2n) is 5.53. The van der Waals surface area contributed by atoms with Crippen molar-refractivity contribution in [3.63, 3.8) is 0 Å². The van der Waals surface area contributed by atoms with E-state index in [2.05, 4.69) is 15.0 Å². The zero-order chi connectivity index (χ0) is 18.7. The van der Waals surface area contributed by atoms with E-state index in [4.69, 9.17) is 5.11 Å². The molecule has 0 aliphatic carbocycles. The summed E-state index contributed by atoms with van der Waals surface area (Å²) in [7, 11) is 0. The third-order valence-corrected chi connectivity index (χ3v) is 3.61. The molecule has 1 atom stereocenters. The van der Waals surface area contributed by atoms with Crippen LogP contribution in [-0.2, 0) is 6.54 Å². The minimum atomic E-state index is -4.79. The van der Waals surface area contributed by atoms with Gasteiger partial charge in [-0.3, -0.25) is 9.78 Å². The molecule has 2 N–H and O–H groups in total. The summed E-state index contributed by atoms with van der Waals surface area (Å²) in [5.74, 6) is -0.776. The van der Waals surface area contributed by atoms with Crippen LogP contribution in [0.4, 0.5) is 13.2 Å². The SMILES string of the molecule is O=C(NCC(O)C(F)(F)F)c1cnc2c(c1)ncn2Cc1ccccn1. The molecule has 136 valence electrons. The molecule has 3 aromatic rings. The lowest BCUT2D eigenvalue weighted by atomic mass is 10.2. The number of halogens is 3. The first-order chi connectivity index (χ1) is 12.3. The number of aromatic nitrogens is 4. The summed E-state index contributed by atoms with van der Waals surface area (Å²) >= 11 is 0. The molecule has 0 saturated carbocycles. The summed E-state index contributed by atoms with van der Waals surface area (Å²) in [4.78, 5) is 24.5. The van der Waals surface area contributed by atoms with Crippen molar-refractivity contribution in [1.29, 1.82) is 0 Å². The van der Waals surface area contributed by atoms with Crippen LogP contribution in [0.25, 0.3) is 11.2 Å². The number of rotatable bonds is 5. The van der Waals surface area contributed by atoms with Crippen molar-refractivity contribution in [2.75, 3.05) is 6.54 Å². The quantitative estimate of drug-likeness (QED) is 0.715. The van der Waals surface area contributed by atoms with Crippen LogP contribution in [0.2, 0.25) is 0 Å². The number of fused-ring (bicyclic) bond motifs is 1. The molecule has 0 bridgehead atoms. The monoisotopic (exact) mass is 365 g/mol. The van der Waals surface area contributed by atoms with Crippen molar-refractivity contribution in [3.05, 3.63) is 54.2 Å². The Labute approximate surface area is 145 Å². The maximum atomic E-state index is 12.3. The molecule has 26 heavy (non-hydrogen) atoms. The Hall–Kier alpha value is -3.01. The van der Waals surface area contributed by atoms with Crippen LogP contribution >= 0.6 is 0 Å². The molecule has 1 amide bonds. The lowest BCUT2D eigenvalue weighted by Crippen LogP contribution is -2.40. The van der Waals surface area contributed by atoms with Crippen LogP contribution in [0.15, 0.2) is 43.0 Å². The van der Waals surface area contributed by atoms with Crippen LogP contribution < -0.4 is 5.32 Å². The first-order valence-corrected chi connectivity index (χ1v) is 7.58. The Balaban J connectivity index is 1.73. The first kappa shape index (κ1) is 17.8. The van der Waals surface area contributed by atoms with Gasteiger partial charge < -0.3 is 15.0 Å². The average Bonchev–Trinajstić information content (AvgIpc) is 3.01. The van der Waals surface area contributed by atoms with Gasteiger partial charge in [0.05, 0.1) is 30.7 Å². The largest absolute Gasteiger partial charge is 0.416 e. The van der Waals surface area contributed by atoms with E-state index in [1.165, 1.54) is 12.3 Å². The maximum Gasteiger partial charge on any atom is 0.416 e. The highest BCUT2D eigenvalue weighted by Crippen LogP contribution is 2.19. The molecular formula is C16H14F3N5O2. The molecule has 0 aliphatic heterocycles. The highest BCUT2D eigenvalue weighted by atomic mass is 19.4. The second-order valence-corrected chi connectivity index (χ2v) is 5.53. The van der Waals surface area contributed by atoms with Gasteiger partial charge in [-0.1, -0.05) is 6.07 Å². The molecule has 1 unspecified atom stereocenters. The predicted octanol–water partition coefficient (Wildman–Crippen LogP) is 1.53. The van der Waals surface area contributed by atoms with E-state index >= 15 is 0 Å². The smallest absolute Gasteiger partial charge is 0.382 e. The van der Waals surface area contributed by atoms with E-state index in [1.807, 2.05) is 17.4 Å². The Morgan fingerprint density at radius 1 is 1.27 bits per heavy atom. The minimum Gasteiger partial charge on any atom is -0.382 e. The van der Waals surface area contributed by atoms with Crippen LogP contribution in [-0.4, -0.2) is 49.4 Å². The lowest BCUT2D eigenvalue weighted by Gasteiger charge is -2.14. The fourth-order valence-corrected chi connectivity index (χ4v) is 2.26.